The van der Waals surface area contributed by atoms with Crippen LogP contribution in [0.5, 0.6) is 0 Å². The van der Waals surface area contributed by atoms with E-state index >= 15 is 0 Å². The van der Waals surface area contributed by atoms with Crippen LogP contribution in [-0.2, 0) is 4.74 Å². The maximum absolute atomic E-state index is 12.8. The van der Waals surface area contributed by atoms with Crippen LogP contribution in [0.15, 0.2) is 16.1 Å². The summed E-state index contributed by atoms with van der Waals surface area (Å²) in [6.07, 6.45) is 5.15. The lowest BCUT2D eigenvalue weighted by Crippen LogP contribution is -2.34. The molecule has 0 saturated heterocycles. The van der Waals surface area contributed by atoms with Crippen LogP contribution in [-0.4, -0.2) is 40.1 Å². The number of thioether (sulfide) groups is 1. The van der Waals surface area contributed by atoms with Gasteiger partial charge in [-0.05, 0) is 42.2 Å². The standard InChI is InChI=1S/C15H18IN3O4S/c1-4-6-7-23-19-12-9(8-17-15(18-12)24-3)11(16)10(13(19)20)14(21)22-5-2/h8H,4-7H2,1-3H3. The molecule has 0 radical (unpaired) electrons. The Morgan fingerprint density at radius 3 is 2.79 bits per heavy atom. The first-order valence-corrected chi connectivity index (χ1v) is 9.81. The Labute approximate surface area is 157 Å². The number of aromatic nitrogens is 3. The summed E-state index contributed by atoms with van der Waals surface area (Å²) in [5, 5.41) is 1.10. The zero-order valence-electron chi connectivity index (χ0n) is 13.7. The molecule has 2 aromatic rings. The number of carbonyl (C=O) groups excluding carboxylic acids is 1. The number of ether oxygens (including phenoxy) is 1. The van der Waals surface area contributed by atoms with Gasteiger partial charge in [0.15, 0.2) is 10.8 Å². The summed E-state index contributed by atoms with van der Waals surface area (Å²) in [5.41, 5.74) is -0.262. The number of pyridine rings is 1. The molecule has 0 aliphatic carbocycles. The number of hydrogen-bond donors (Lipinski definition) is 0. The monoisotopic (exact) mass is 463 g/mol. The van der Waals surface area contributed by atoms with Crippen molar-refractivity contribution in [2.75, 3.05) is 19.5 Å². The van der Waals surface area contributed by atoms with Gasteiger partial charge in [-0.15, -0.1) is 4.73 Å². The number of carbonyl (C=O) groups is 1. The zero-order valence-corrected chi connectivity index (χ0v) is 16.6. The summed E-state index contributed by atoms with van der Waals surface area (Å²) in [6, 6.07) is 0. The molecule has 0 saturated carbocycles. The number of esters is 1. The molecule has 2 heterocycles. The summed E-state index contributed by atoms with van der Waals surface area (Å²) in [5.74, 6) is -0.671. The fraction of sp³-hybridized carbons (Fsp3) is 0.467. The van der Waals surface area contributed by atoms with E-state index in [-0.39, 0.29) is 12.2 Å². The van der Waals surface area contributed by atoms with Gasteiger partial charge in [0.2, 0.25) is 0 Å². The normalized spacial score (nSPS) is 10.8. The SMILES string of the molecule is CCCCOn1c(=O)c(C(=O)OCC)c(I)c2cnc(SC)nc21. The second kappa shape index (κ2) is 8.65. The molecule has 130 valence electrons. The van der Waals surface area contributed by atoms with Crippen molar-refractivity contribution < 1.29 is 14.4 Å². The first-order valence-electron chi connectivity index (χ1n) is 7.50. The average Bonchev–Trinajstić information content (AvgIpc) is 2.57. The van der Waals surface area contributed by atoms with Crippen molar-refractivity contribution in [1.82, 2.24) is 14.7 Å². The van der Waals surface area contributed by atoms with Crippen molar-refractivity contribution in [3.63, 3.8) is 0 Å². The number of hydrogen-bond acceptors (Lipinski definition) is 7. The third-order valence-electron chi connectivity index (χ3n) is 3.17. The maximum atomic E-state index is 12.8. The van der Waals surface area contributed by atoms with Gasteiger partial charge >= 0.3 is 11.5 Å². The van der Waals surface area contributed by atoms with Gasteiger partial charge in [-0.1, -0.05) is 25.1 Å². The third kappa shape index (κ3) is 3.82. The predicted octanol–water partition coefficient (Wildman–Crippen LogP) is 2.52. The molecule has 24 heavy (non-hydrogen) atoms. The van der Waals surface area contributed by atoms with Crippen molar-refractivity contribution in [1.29, 1.82) is 0 Å². The van der Waals surface area contributed by atoms with E-state index in [1.165, 1.54) is 11.8 Å². The van der Waals surface area contributed by atoms with Crippen molar-refractivity contribution in [2.45, 2.75) is 31.8 Å². The third-order valence-corrected chi connectivity index (χ3v) is 4.86. The Kier molecular flexibility index (Phi) is 6.84. The summed E-state index contributed by atoms with van der Waals surface area (Å²) in [4.78, 5) is 39.2. The van der Waals surface area contributed by atoms with Crippen molar-refractivity contribution in [2.24, 2.45) is 0 Å². The fourth-order valence-corrected chi connectivity index (χ4v) is 3.16. The molecule has 0 aromatic carbocycles. The molecule has 2 aromatic heterocycles. The Hall–Kier alpha value is -1.36. The highest BCUT2D eigenvalue weighted by atomic mass is 127. The molecule has 0 atom stereocenters. The second-order valence-electron chi connectivity index (χ2n) is 4.79. The molecule has 0 bridgehead atoms. The van der Waals surface area contributed by atoms with Gasteiger partial charge in [-0.2, -0.15) is 0 Å². The van der Waals surface area contributed by atoms with E-state index in [0.29, 0.717) is 26.4 Å². The first-order chi connectivity index (χ1) is 11.5. The molecule has 0 unspecified atom stereocenters. The molecule has 9 heteroatoms. The maximum Gasteiger partial charge on any atom is 0.345 e. The number of nitrogens with zero attached hydrogens (tertiary/aromatic N) is 3. The number of halogens is 1. The number of unbranched alkanes of at least 4 members (excludes halogenated alkanes) is 1. The average molecular weight is 463 g/mol. The summed E-state index contributed by atoms with van der Waals surface area (Å²) >= 11 is 3.31. The van der Waals surface area contributed by atoms with Crippen molar-refractivity contribution in [3.05, 3.63) is 25.7 Å². The van der Waals surface area contributed by atoms with E-state index in [2.05, 4.69) is 9.97 Å². The Balaban J connectivity index is 2.71. The van der Waals surface area contributed by atoms with Gasteiger partial charge in [0, 0.05) is 9.77 Å². The lowest BCUT2D eigenvalue weighted by atomic mass is 10.2. The molecule has 0 aliphatic heterocycles. The van der Waals surface area contributed by atoms with Crippen LogP contribution in [0.3, 0.4) is 0 Å². The number of fused-ring (bicyclic) bond motifs is 1. The minimum Gasteiger partial charge on any atom is -0.462 e. The van der Waals surface area contributed by atoms with Crippen LogP contribution in [0.4, 0.5) is 0 Å². The molecule has 0 amide bonds. The van der Waals surface area contributed by atoms with Crippen LogP contribution in [0.2, 0.25) is 0 Å². The molecule has 0 aliphatic rings. The summed E-state index contributed by atoms with van der Waals surface area (Å²) < 4.78 is 6.56. The van der Waals surface area contributed by atoms with Crippen molar-refractivity contribution in [3.8, 4) is 0 Å². The van der Waals surface area contributed by atoms with Crippen LogP contribution < -0.4 is 10.4 Å². The largest absolute Gasteiger partial charge is 0.462 e. The predicted molar refractivity (Wildman–Crippen MR) is 101 cm³/mol. The van der Waals surface area contributed by atoms with E-state index in [1.807, 2.05) is 35.8 Å². The fourth-order valence-electron chi connectivity index (χ4n) is 1.99. The highest BCUT2D eigenvalue weighted by Crippen LogP contribution is 2.22. The molecule has 0 spiro atoms. The molecule has 0 fully saturated rings. The van der Waals surface area contributed by atoms with Gasteiger partial charge in [0.25, 0.3) is 0 Å². The molecular formula is C15H18IN3O4S. The van der Waals surface area contributed by atoms with E-state index in [9.17, 15) is 9.59 Å². The van der Waals surface area contributed by atoms with Crippen LogP contribution in [0.1, 0.15) is 37.0 Å². The number of rotatable bonds is 7. The van der Waals surface area contributed by atoms with Crippen LogP contribution in [0.25, 0.3) is 11.0 Å². The first kappa shape index (κ1) is 19.0. The van der Waals surface area contributed by atoms with E-state index in [0.717, 1.165) is 17.6 Å². The topological polar surface area (TPSA) is 83.3 Å². The molecule has 7 nitrogen and oxygen atoms in total. The minimum atomic E-state index is -0.671. The van der Waals surface area contributed by atoms with Gasteiger partial charge < -0.3 is 9.57 Å². The molecule has 0 N–H and O–H groups in total. The zero-order chi connectivity index (χ0) is 17.7. The van der Waals surface area contributed by atoms with E-state index < -0.39 is 11.5 Å². The second-order valence-corrected chi connectivity index (χ2v) is 6.64. The van der Waals surface area contributed by atoms with E-state index in [1.54, 1.807) is 13.1 Å². The van der Waals surface area contributed by atoms with Crippen LogP contribution in [0, 0.1) is 3.57 Å². The Bertz CT molecular complexity index is 809. The minimum absolute atomic E-state index is 0.0537. The van der Waals surface area contributed by atoms with Crippen LogP contribution >= 0.6 is 34.4 Å². The van der Waals surface area contributed by atoms with Gasteiger partial charge in [-0.25, -0.2) is 14.8 Å². The Morgan fingerprint density at radius 1 is 1.42 bits per heavy atom. The quantitative estimate of drug-likeness (QED) is 0.205. The van der Waals surface area contributed by atoms with Crippen molar-refractivity contribution >= 4 is 51.4 Å². The smallest absolute Gasteiger partial charge is 0.345 e. The summed E-state index contributed by atoms with van der Waals surface area (Å²) in [7, 11) is 0. The molecule has 2 rings (SSSR count). The lowest BCUT2D eigenvalue weighted by Gasteiger charge is -2.14. The van der Waals surface area contributed by atoms with Gasteiger partial charge in [0.1, 0.15) is 12.2 Å². The highest BCUT2D eigenvalue weighted by Gasteiger charge is 2.24. The Morgan fingerprint density at radius 2 is 2.17 bits per heavy atom. The van der Waals surface area contributed by atoms with Gasteiger partial charge in [0.05, 0.1) is 12.0 Å². The van der Waals surface area contributed by atoms with E-state index in [4.69, 9.17) is 9.57 Å². The molecular weight excluding hydrogens is 445 g/mol. The van der Waals surface area contributed by atoms with Gasteiger partial charge in [-0.3, -0.25) is 4.79 Å². The highest BCUT2D eigenvalue weighted by molar-refractivity contribution is 14.1. The lowest BCUT2D eigenvalue weighted by molar-refractivity contribution is 0.0512. The summed E-state index contributed by atoms with van der Waals surface area (Å²) in [6.45, 7) is 4.25.